The number of pyridine rings is 1. The van der Waals surface area contributed by atoms with Crippen LogP contribution in [-0.4, -0.2) is 41.0 Å². The first-order chi connectivity index (χ1) is 10.9. The number of hydrogen-bond acceptors (Lipinski definition) is 4. The van der Waals surface area contributed by atoms with Gasteiger partial charge in [0.05, 0.1) is 12.6 Å². The molecule has 2 aromatic rings. The van der Waals surface area contributed by atoms with Crippen LogP contribution in [-0.2, 0) is 4.79 Å². The fourth-order valence-electron chi connectivity index (χ4n) is 2.19. The molecule has 0 aliphatic heterocycles. The van der Waals surface area contributed by atoms with Crippen molar-refractivity contribution in [2.75, 3.05) is 25.5 Å². The summed E-state index contributed by atoms with van der Waals surface area (Å²) in [6.07, 6.45) is -0.679. The number of rotatable bonds is 6. The van der Waals surface area contributed by atoms with Crippen LogP contribution in [0.2, 0.25) is 5.02 Å². The molecule has 122 valence electrons. The minimum absolute atomic E-state index is 0.167. The lowest BCUT2D eigenvalue weighted by Crippen LogP contribution is -2.33. The van der Waals surface area contributed by atoms with Gasteiger partial charge in [-0.25, -0.2) is 4.98 Å². The first kappa shape index (κ1) is 17.4. The molecule has 2 N–H and O–H groups in total. The van der Waals surface area contributed by atoms with E-state index < -0.39 is 6.10 Å². The number of aliphatic hydroxyl groups excluding tert-OH is 1. The van der Waals surface area contributed by atoms with E-state index in [2.05, 4.69) is 10.3 Å². The van der Waals surface area contributed by atoms with E-state index in [1.54, 1.807) is 42.3 Å². The number of aliphatic hydroxyl groups is 1. The topological polar surface area (TPSA) is 65.5 Å². The van der Waals surface area contributed by atoms with Gasteiger partial charge in [0.25, 0.3) is 0 Å². The predicted octanol–water partition coefficient (Wildman–Crippen LogP) is 2.65. The highest BCUT2D eigenvalue weighted by Gasteiger charge is 2.13. The second-order valence-corrected chi connectivity index (χ2v) is 5.91. The van der Waals surface area contributed by atoms with Crippen LogP contribution < -0.4 is 5.32 Å². The predicted molar refractivity (Wildman–Crippen MR) is 91.5 cm³/mol. The van der Waals surface area contributed by atoms with Crippen LogP contribution in [0.25, 0.3) is 0 Å². The highest BCUT2D eigenvalue weighted by molar-refractivity contribution is 6.30. The maximum absolute atomic E-state index is 12.0. The molecular weight excluding hydrogens is 314 g/mol. The van der Waals surface area contributed by atoms with E-state index in [-0.39, 0.29) is 12.5 Å². The standard InChI is InChI=1S/C17H20ClN3O2/c1-12-4-3-5-16(19-12)20-17(23)11-21(2)10-15(22)13-6-8-14(18)9-7-13/h3-9,15,22H,10-11H2,1-2H3,(H,19,20,23). The van der Waals surface area contributed by atoms with Crippen LogP contribution in [0.15, 0.2) is 42.5 Å². The van der Waals surface area contributed by atoms with Gasteiger partial charge in [0, 0.05) is 17.3 Å². The van der Waals surface area contributed by atoms with Gasteiger partial charge in [0.1, 0.15) is 5.82 Å². The number of benzene rings is 1. The number of nitrogens with one attached hydrogen (secondary N) is 1. The Kier molecular flexibility index (Phi) is 6.10. The van der Waals surface area contributed by atoms with Gasteiger partial charge in [-0.1, -0.05) is 29.8 Å². The Morgan fingerprint density at radius 1 is 1.30 bits per heavy atom. The average molecular weight is 334 g/mol. The molecule has 1 aromatic carbocycles. The van der Waals surface area contributed by atoms with Gasteiger partial charge in [0.2, 0.25) is 5.91 Å². The van der Waals surface area contributed by atoms with Crippen molar-refractivity contribution in [3.8, 4) is 0 Å². The molecule has 0 bridgehead atoms. The molecule has 23 heavy (non-hydrogen) atoms. The molecule has 0 fully saturated rings. The van der Waals surface area contributed by atoms with Crippen molar-refractivity contribution in [1.82, 2.24) is 9.88 Å². The number of hydrogen-bond donors (Lipinski definition) is 2. The molecule has 1 heterocycles. The summed E-state index contributed by atoms with van der Waals surface area (Å²) in [6, 6.07) is 12.5. The molecular formula is C17H20ClN3O2. The van der Waals surface area contributed by atoms with E-state index in [0.29, 0.717) is 17.4 Å². The lowest BCUT2D eigenvalue weighted by molar-refractivity contribution is -0.117. The van der Waals surface area contributed by atoms with E-state index >= 15 is 0 Å². The minimum atomic E-state index is -0.679. The van der Waals surface area contributed by atoms with Crippen LogP contribution in [0.3, 0.4) is 0 Å². The summed E-state index contributed by atoms with van der Waals surface area (Å²) in [7, 11) is 1.78. The van der Waals surface area contributed by atoms with Gasteiger partial charge < -0.3 is 10.4 Å². The Balaban J connectivity index is 1.85. The van der Waals surface area contributed by atoms with Gasteiger partial charge >= 0.3 is 0 Å². The largest absolute Gasteiger partial charge is 0.387 e. The molecule has 0 saturated heterocycles. The Bertz CT molecular complexity index is 661. The average Bonchev–Trinajstić information content (AvgIpc) is 2.47. The van der Waals surface area contributed by atoms with Crippen molar-refractivity contribution in [3.05, 3.63) is 58.7 Å². The molecule has 0 aliphatic rings. The van der Waals surface area contributed by atoms with E-state index in [1.165, 1.54) is 0 Å². The van der Waals surface area contributed by atoms with Crippen molar-refractivity contribution in [2.24, 2.45) is 0 Å². The van der Waals surface area contributed by atoms with E-state index in [0.717, 1.165) is 11.3 Å². The van der Waals surface area contributed by atoms with Crippen molar-refractivity contribution >= 4 is 23.3 Å². The van der Waals surface area contributed by atoms with Crippen molar-refractivity contribution < 1.29 is 9.90 Å². The summed E-state index contributed by atoms with van der Waals surface area (Å²) in [4.78, 5) is 18.0. The Hall–Kier alpha value is -1.95. The number of carbonyl (C=O) groups is 1. The summed E-state index contributed by atoms with van der Waals surface area (Å²) in [5.41, 5.74) is 1.61. The van der Waals surface area contributed by atoms with Crippen molar-refractivity contribution in [2.45, 2.75) is 13.0 Å². The van der Waals surface area contributed by atoms with Crippen LogP contribution in [0.1, 0.15) is 17.4 Å². The number of aromatic nitrogens is 1. The van der Waals surface area contributed by atoms with Crippen LogP contribution in [0.5, 0.6) is 0 Å². The summed E-state index contributed by atoms with van der Waals surface area (Å²) in [6.45, 7) is 2.38. The Labute approximate surface area is 140 Å². The number of aryl methyl sites for hydroxylation is 1. The summed E-state index contributed by atoms with van der Waals surface area (Å²) in [5.74, 6) is 0.357. The number of likely N-dealkylation sites (N-methyl/N-ethyl adjacent to an activating group) is 1. The van der Waals surface area contributed by atoms with Crippen molar-refractivity contribution in [1.29, 1.82) is 0 Å². The molecule has 1 aromatic heterocycles. The zero-order valence-electron chi connectivity index (χ0n) is 13.2. The fourth-order valence-corrected chi connectivity index (χ4v) is 2.32. The molecule has 1 amide bonds. The fraction of sp³-hybridized carbons (Fsp3) is 0.294. The molecule has 0 spiro atoms. The third kappa shape index (κ3) is 5.63. The lowest BCUT2D eigenvalue weighted by Gasteiger charge is -2.20. The number of amides is 1. The summed E-state index contributed by atoms with van der Waals surface area (Å²) >= 11 is 5.83. The quantitative estimate of drug-likeness (QED) is 0.853. The molecule has 0 radical (unpaired) electrons. The molecule has 2 rings (SSSR count). The summed E-state index contributed by atoms with van der Waals surface area (Å²) in [5, 5.41) is 13.6. The Morgan fingerprint density at radius 2 is 2.00 bits per heavy atom. The first-order valence-corrected chi connectivity index (χ1v) is 7.67. The second-order valence-electron chi connectivity index (χ2n) is 5.48. The lowest BCUT2D eigenvalue weighted by atomic mass is 10.1. The van der Waals surface area contributed by atoms with E-state index in [1.807, 2.05) is 19.1 Å². The number of halogens is 1. The molecule has 5 nitrogen and oxygen atoms in total. The number of carbonyl (C=O) groups excluding carboxylic acids is 1. The maximum Gasteiger partial charge on any atom is 0.239 e. The maximum atomic E-state index is 12.0. The van der Waals surface area contributed by atoms with Crippen molar-refractivity contribution in [3.63, 3.8) is 0 Å². The minimum Gasteiger partial charge on any atom is -0.387 e. The smallest absolute Gasteiger partial charge is 0.239 e. The highest BCUT2D eigenvalue weighted by atomic mass is 35.5. The monoisotopic (exact) mass is 333 g/mol. The van der Waals surface area contributed by atoms with Gasteiger partial charge in [-0.05, 0) is 43.8 Å². The molecule has 0 aliphatic carbocycles. The highest BCUT2D eigenvalue weighted by Crippen LogP contribution is 2.17. The van der Waals surface area contributed by atoms with Crippen LogP contribution in [0.4, 0.5) is 5.82 Å². The molecule has 0 saturated carbocycles. The summed E-state index contributed by atoms with van der Waals surface area (Å²) < 4.78 is 0. The van der Waals surface area contributed by atoms with E-state index in [9.17, 15) is 9.90 Å². The van der Waals surface area contributed by atoms with Gasteiger partial charge in [-0.15, -0.1) is 0 Å². The van der Waals surface area contributed by atoms with Gasteiger partial charge in [-0.2, -0.15) is 0 Å². The Morgan fingerprint density at radius 3 is 2.65 bits per heavy atom. The number of nitrogens with zero attached hydrogens (tertiary/aromatic N) is 2. The first-order valence-electron chi connectivity index (χ1n) is 7.29. The second kappa shape index (κ2) is 8.06. The normalized spacial score (nSPS) is 12.2. The van der Waals surface area contributed by atoms with Crippen LogP contribution >= 0.6 is 11.6 Å². The van der Waals surface area contributed by atoms with E-state index in [4.69, 9.17) is 11.6 Å². The molecule has 1 unspecified atom stereocenters. The molecule has 6 heteroatoms. The third-order valence-electron chi connectivity index (χ3n) is 3.31. The number of anilines is 1. The van der Waals surface area contributed by atoms with Crippen LogP contribution in [0, 0.1) is 6.92 Å². The zero-order chi connectivity index (χ0) is 16.8. The third-order valence-corrected chi connectivity index (χ3v) is 3.56. The van der Waals surface area contributed by atoms with Gasteiger partial charge in [-0.3, -0.25) is 9.69 Å². The molecule has 1 atom stereocenters. The SMILES string of the molecule is Cc1cccc(NC(=O)CN(C)CC(O)c2ccc(Cl)cc2)n1. The zero-order valence-corrected chi connectivity index (χ0v) is 13.9. The van der Waals surface area contributed by atoms with Gasteiger partial charge in [0.15, 0.2) is 0 Å².